The van der Waals surface area contributed by atoms with Gasteiger partial charge in [-0.05, 0) is 30.7 Å². The van der Waals surface area contributed by atoms with E-state index in [1.165, 1.54) is 11.0 Å². The highest BCUT2D eigenvalue weighted by Crippen LogP contribution is 2.20. The number of nitrogens with zero attached hydrogens (tertiary/aromatic N) is 2. The minimum atomic E-state index is -0.717. The van der Waals surface area contributed by atoms with E-state index in [0.29, 0.717) is 5.75 Å². The van der Waals surface area contributed by atoms with Crippen LogP contribution in [0.2, 0.25) is 0 Å². The Hall–Kier alpha value is -3.42. The Kier molecular flexibility index (Phi) is 6.48. The Bertz CT molecular complexity index is 865. The maximum Gasteiger partial charge on any atom is 0.338 e. The van der Waals surface area contributed by atoms with E-state index in [1.807, 2.05) is 6.07 Å². The summed E-state index contributed by atoms with van der Waals surface area (Å²) in [6, 6.07) is 10.8. The fraction of sp³-hybridized carbons (Fsp3) is 0.263. The van der Waals surface area contributed by atoms with Gasteiger partial charge in [0.25, 0.3) is 11.6 Å². The normalized spacial score (nSPS) is 10.2. The van der Waals surface area contributed by atoms with Crippen molar-refractivity contribution in [2.24, 2.45) is 0 Å². The third kappa shape index (κ3) is 5.04. The van der Waals surface area contributed by atoms with Crippen LogP contribution in [0.5, 0.6) is 5.75 Å². The molecule has 0 radical (unpaired) electrons. The molecule has 0 aliphatic heterocycles. The predicted molar refractivity (Wildman–Crippen MR) is 97.8 cm³/mol. The first-order valence-electron chi connectivity index (χ1n) is 8.20. The Morgan fingerprint density at radius 2 is 1.85 bits per heavy atom. The molecule has 8 nitrogen and oxygen atoms in total. The number of amides is 1. The van der Waals surface area contributed by atoms with Crippen molar-refractivity contribution in [3.8, 4) is 5.75 Å². The summed E-state index contributed by atoms with van der Waals surface area (Å²) in [5.74, 6) is -0.508. The molecule has 2 aromatic carbocycles. The van der Waals surface area contributed by atoms with E-state index in [0.717, 1.165) is 17.7 Å². The highest BCUT2D eigenvalue weighted by molar-refractivity contribution is 5.98. The van der Waals surface area contributed by atoms with Gasteiger partial charge in [0.05, 0.1) is 24.2 Å². The first-order chi connectivity index (χ1) is 12.8. The Balaban J connectivity index is 2.30. The van der Waals surface area contributed by atoms with Crippen LogP contribution >= 0.6 is 0 Å². The number of methoxy groups -OCH3 is 1. The lowest BCUT2D eigenvalue weighted by molar-refractivity contribution is -0.384. The number of carbonyl (C=O) groups is 2. The van der Waals surface area contributed by atoms with Crippen LogP contribution < -0.4 is 4.74 Å². The molecule has 0 aliphatic rings. The summed E-state index contributed by atoms with van der Waals surface area (Å²) in [5.41, 5.74) is 0.488. The second-order valence-corrected chi connectivity index (χ2v) is 5.76. The van der Waals surface area contributed by atoms with Crippen molar-refractivity contribution in [1.82, 2.24) is 4.90 Å². The fourth-order valence-corrected chi connectivity index (χ4v) is 2.51. The van der Waals surface area contributed by atoms with E-state index in [4.69, 9.17) is 9.47 Å². The first kappa shape index (κ1) is 19.9. The van der Waals surface area contributed by atoms with E-state index in [-0.39, 0.29) is 30.0 Å². The molecular formula is C19H20N2O6. The molecule has 0 saturated heterocycles. The zero-order chi connectivity index (χ0) is 20.0. The van der Waals surface area contributed by atoms with Gasteiger partial charge in [-0.3, -0.25) is 14.9 Å². The van der Waals surface area contributed by atoms with E-state index >= 15 is 0 Å². The summed E-state index contributed by atoms with van der Waals surface area (Å²) in [5, 5.41) is 11.2. The van der Waals surface area contributed by atoms with Gasteiger partial charge in [-0.1, -0.05) is 12.1 Å². The van der Waals surface area contributed by atoms with Crippen LogP contribution in [0.4, 0.5) is 5.69 Å². The molecule has 0 bridgehead atoms. The van der Waals surface area contributed by atoms with Crippen LogP contribution in [0.1, 0.15) is 33.2 Å². The summed E-state index contributed by atoms with van der Waals surface area (Å²) in [7, 11) is 3.12. The maximum absolute atomic E-state index is 12.7. The number of nitro groups is 1. The number of non-ortho nitro benzene ring substituents is 1. The van der Waals surface area contributed by atoms with Gasteiger partial charge >= 0.3 is 5.97 Å². The van der Waals surface area contributed by atoms with Gasteiger partial charge in [0.2, 0.25) is 0 Å². The molecule has 142 valence electrons. The molecule has 0 spiro atoms. The molecule has 8 heteroatoms. The topological polar surface area (TPSA) is 99.0 Å². The van der Waals surface area contributed by atoms with Gasteiger partial charge in [0.1, 0.15) is 5.75 Å². The first-order valence-corrected chi connectivity index (χ1v) is 8.20. The quantitative estimate of drug-likeness (QED) is 0.421. The average molecular weight is 372 g/mol. The fourth-order valence-electron chi connectivity index (χ4n) is 2.51. The molecule has 2 aromatic rings. The smallest absolute Gasteiger partial charge is 0.338 e. The molecule has 0 N–H and O–H groups in total. The van der Waals surface area contributed by atoms with Crippen molar-refractivity contribution in [3.05, 3.63) is 69.3 Å². The van der Waals surface area contributed by atoms with Gasteiger partial charge in [-0.15, -0.1) is 0 Å². The standard InChI is InChI=1S/C19H20N2O6/c1-4-27-19(23)15-9-14(10-16(11-15)21(24)25)18(22)20(2)12-13-6-5-7-17(8-13)26-3/h5-11H,4,12H2,1-3H3. The van der Waals surface area contributed by atoms with E-state index in [2.05, 4.69) is 0 Å². The number of esters is 1. The number of carbonyl (C=O) groups excluding carboxylic acids is 2. The molecule has 2 rings (SSSR count). The summed E-state index contributed by atoms with van der Waals surface area (Å²) in [6.45, 7) is 2.03. The number of rotatable bonds is 7. The van der Waals surface area contributed by atoms with Crippen LogP contribution in [0.15, 0.2) is 42.5 Å². The number of hydrogen-bond donors (Lipinski definition) is 0. The number of benzene rings is 2. The highest BCUT2D eigenvalue weighted by atomic mass is 16.6. The second kappa shape index (κ2) is 8.79. The van der Waals surface area contributed by atoms with Crippen molar-refractivity contribution in [2.45, 2.75) is 13.5 Å². The third-order valence-electron chi connectivity index (χ3n) is 3.79. The van der Waals surface area contributed by atoms with E-state index in [1.54, 1.807) is 39.3 Å². The van der Waals surface area contributed by atoms with Crippen molar-refractivity contribution >= 4 is 17.6 Å². The zero-order valence-corrected chi connectivity index (χ0v) is 15.3. The largest absolute Gasteiger partial charge is 0.497 e. The summed E-state index contributed by atoms with van der Waals surface area (Å²) >= 11 is 0. The summed E-state index contributed by atoms with van der Waals surface area (Å²) < 4.78 is 10.0. The molecule has 27 heavy (non-hydrogen) atoms. The van der Waals surface area contributed by atoms with Gasteiger partial charge in [-0.2, -0.15) is 0 Å². The zero-order valence-electron chi connectivity index (χ0n) is 15.3. The molecule has 0 saturated carbocycles. The summed E-state index contributed by atoms with van der Waals surface area (Å²) in [6.07, 6.45) is 0. The lowest BCUT2D eigenvalue weighted by Gasteiger charge is -2.18. The van der Waals surface area contributed by atoms with E-state index < -0.39 is 16.8 Å². The van der Waals surface area contributed by atoms with E-state index in [9.17, 15) is 19.7 Å². The number of hydrogen-bond acceptors (Lipinski definition) is 6. The minimum Gasteiger partial charge on any atom is -0.497 e. The minimum absolute atomic E-state index is 0.0378. The van der Waals surface area contributed by atoms with Gasteiger partial charge < -0.3 is 14.4 Å². The lowest BCUT2D eigenvalue weighted by Crippen LogP contribution is -2.26. The van der Waals surface area contributed by atoms with Crippen molar-refractivity contribution in [2.75, 3.05) is 20.8 Å². The van der Waals surface area contributed by atoms with Gasteiger partial charge in [0, 0.05) is 31.3 Å². The molecule has 0 aromatic heterocycles. The molecule has 0 unspecified atom stereocenters. The molecule has 0 atom stereocenters. The average Bonchev–Trinajstić information content (AvgIpc) is 2.67. The Labute approximate surface area is 156 Å². The van der Waals surface area contributed by atoms with Crippen LogP contribution in [0.3, 0.4) is 0 Å². The Morgan fingerprint density at radius 1 is 1.15 bits per heavy atom. The van der Waals surface area contributed by atoms with Crippen LogP contribution in [-0.2, 0) is 11.3 Å². The molecular weight excluding hydrogens is 352 g/mol. The predicted octanol–water partition coefficient (Wildman–Crippen LogP) is 3.05. The third-order valence-corrected chi connectivity index (χ3v) is 3.79. The summed E-state index contributed by atoms with van der Waals surface area (Å²) in [4.78, 5) is 36.6. The Morgan fingerprint density at radius 3 is 2.48 bits per heavy atom. The molecule has 0 fully saturated rings. The molecule has 0 aliphatic carbocycles. The maximum atomic E-state index is 12.7. The van der Waals surface area contributed by atoms with Crippen molar-refractivity contribution < 1.29 is 24.0 Å². The van der Waals surface area contributed by atoms with Gasteiger partial charge in [0.15, 0.2) is 0 Å². The monoisotopic (exact) mass is 372 g/mol. The molecule has 1 amide bonds. The number of ether oxygens (including phenoxy) is 2. The lowest BCUT2D eigenvalue weighted by atomic mass is 10.1. The van der Waals surface area contributed by atoms with Gasteiger partial charge in [-0.25, -0.2) is 4.79 Å². The SMILES string of the molecule is CCOC(=O)c1cc(C(=O)N(C)Cc2cccc(OC)c2)cc([N+](=O)[O-])c1. The van der Waals surface area contributed by atoms with Crippen molar-refractivity contribution in [3.63, 3.8) is 0 Å². The van der Waals surface area contributed by atoms with Crippen LogP contribution in [0.25, 0.3) is 0 Å². The van der Waals surface area contributed by atoms with Crippen LogP contribution in [-0.4, -0.2) is 42.5 Å². The number of nitro benzene ring substituents is 1. The van der Waals surface area contributed by atoms with Crippen LogP contribution in [0, 0.1) is 10.1 Å². The second-order valence-electron chi connectivity index (χ2n) is 5.76. The molecule has 0 heterocycles. The van der Waals surface area contributed by atoms with Crippen molar-refractivity contribution in [1.29, 1.82) is 0 Å². The highest BCUT2D eigenvalue weighted by Gasteiger charge is 2.21.